The molecule has 0 bridgehead atoms. The molecule has 0 amide bonds. The fourth-order valence-electron chi connectivity index (χ4n) is 7.35. The van der Waals surface area contributed by atoms with Gasteiger partial charge in [-0.3, -0.25) is 0 Å². The van der Waals surface area contributed by atoms with Gasteiger partial charge in [-0.25, -0.2) is 15.0 Å². The van der Waals surface area contributed by atoms with Gasteiger partial charge in [-0.05, 0) is 44.7 Å². The van der Waals surface area contributed by atoms with Crippen LogP contribution in [0.3, 0.4) is 0 Å². The molecular formula is C49H31N3O. The Morgan fingerprint density at radius 3 is 1.53 bits per heavy atom. The summed E-state index contributed by atoms with van der Waals surface area (Å²) in [4.78, 5) is 15.3. The van der Waals surface area contributed by atoms with E-state index < -0.39 is 0 Å². The Kier molecular flexibility index (Phi) is 7.43. The lowest BCUT2D eigenvalue weighted by atomic mass is 9.97. The number of benzene rings is 8. The molecule has 0 fully saturated rings. The third-order valence-corrected chi connectivity index (χ3v) is 9.98. The van der Waals surface area contributed by atoms with Crippen LogP contribution >= 0.6 is 0 Å². The van der Waals surface area contributed by atoms with Gasteiger partial charge in [-0.2, -0.15) is 0 Å². The van der Waals surface area contributed by atoms with Gasteiger partial charge in [-0.1, -0.05) is 182 Å². The summed E-state index contributed by atoms with van der Waals surface area (Å²) >= 11 is 0. The van der Waals surface area contributed by atoms with Gasteiger partial charge in [0, 0.05) is 33.0 Å². The number of nitrogens with zero attached hydrogens (tertiary/aromatic N) is 3. The first kappa shape index (κ1) is 30.6. The second kappa shape index (κ2) is 12.9. The van der Waals surface area contributed by atoms with Crippen molar-refractivity contribution in [1.82, 2.24) is 15.0 Å². The van der Waals surface area contributed by atoms with Crippen molar-refractivity contribution in [2.75, 3.05) is 0 Å². The summed E-state index contributed by atoms with van der Waals surface area (Å²) in [6.45, 7) is 0. The van der Waals surface area contributed by atoms with Crippen LogP contribution in [0.5, 0.6) is 0 Å². The first-order valence-electron chi connectivity index (χ1n) is 17.8. The van der Waals surface area contributed by atoms with E-state index in [9.17, 15) is 0 Å². The number of para-hydroxylation sites is 1. The number of aromatic nitrogens is 3. The van der Waals surface area contributed by atoms with E-state index >= 15 is 0 Å². The number of hydrogen-bond acceptors (Lipinski definition) is 4. The molecule has 2 aromatic heterocycles. The van der Waals surface area contributed by atoms with Crippen LogP contribution in [0.25, 0.3) is 100 Å². The highest BCUT2D eigenvalue weighted by Gasteiger charge is 2.19. The van der Waals surface area contributed by atoms with E-state index in [1.54, 1.807) is 0 Å². The van der Waals surface area contributed by atoms with E-state index in [4.69, 9.17) is 19.4 Å². The van der Waals surface area contributed by atoms with Crippen LogP contribution in [-0.4, -0.2) is 15.0 Å². The minimum atomic E-state index is 0.595. The highest BCUT2D eigenvalue weighted by molar-refractivity contribution is 6.15. The zero-order valence-electron chi connectivity index (χ0n) is 28.6. The molecule has 2 heterocycles. The van der Waals surface area contributed by atoms with E-state index in [-0.39, 0.29) is 0 Å². The van der Waals surface area contributed by atoms with Crippen molar-refractivity contribution < 1.29 is 4.42 Å². The minimum Gasteiger partial charge on any atom is -0.455 e. The average Bonchev–Trinajstić information content (AvgIpc) is 3.63. The van der Waals surface area contributed by atoms with Gasteiger partial charge in [0.2, 0.25) is 0 Å². The predicted molar refractivity (Wildman–Crippen MR) is 217 cm³/mol. The first-order chi connectivity index (χ1) is 26.3. The fourth-order valence-corrected chi connectivity index (χ4v) is 7.35. The Labute approximate surface area is 306 Å². The van der Waals surface area contributed by atoms with Gasteiger partial charge in [0.25, 0.3) is 0 Å². The lowest BCUT2D eigenvalue weighted by Gasteiger charge is -2.10. The second-order valence-corrected chi connectivity index (χ2v) is 13.2. The molecule has 0 saturated heterocycles. The third kappa shape index (κ3) is 5.54. The van der Waals surface area contributed by atoms with Crippen LogP contribution < -0.4 is 0 Å². The highest BCUT2D eigenvalue weighted by Crippen LogP contribution is 2.41. The van der Waals surface area contributed by atoms with Crippen molar-refractivity contribution in [1.29, 1.82) is 0 Å². The molecule has 10 aromatic rings. The van der Waals surface area contributed by atoms with Gasteiger partial charge in [0.1, 0.15) is 11.2 Å². The molecule has 0 aliphatic heterocycles. The minimum absolute atomic E-state index is 0.595. The third-order valence-electron chi connectivity index (χ3n) is 9.98. The zero-order valence-corrected chi connectivity index (χ0v) is 28.6. The predicted octanol–water partition coefficient (Wildman–Crippen LogP) is 12.9. The van der Waals surface area contributed by atoms with E-state index in [1.165, 1.54) is 27.5 Å². The molecule has 8 aromatic carbocycles. The lowest BCUT2D eigenvalue weighted by molar-refractivity contribution is 0.670. The Hall–Kier alpha value is -7.17. The molecule has 0 atom stereocenters. The van der Waals surface area contributed by atoms with Crippen molar-refractivity contribution in [3.05, 3.63) is 188 Å². The van der Waals surface area contributed by atoms with E-state index in [0.29, 0.717) is 17.5 Å². The summed E-state index contributed by atoms with van der Waals surface area (Å²) < 4.78 is 6.66. The van der Waals surface area contributed by atoms with Crippen molar-refractivity contribution in [2.24, 2.45) is 0 Å². The normalized spacial score (nSPS) is 11.4. The summed E-state index contributed by atoms with van der Waals surface area (Å²) in [6, 6.07) is 65.1. The molecule has 248 valence electrons. The van der Waals surface area contributed by atoms with E-state index in [2.05, 4.69) is 140 Å². The molecule has 0 unspecified atom stereocenters. The van der Waals surface area contributed by atoms with E-state index in [1.807, 2.05) is 48.5 Å². The topological polar surface area (TPSA) is 51.8 Å². The number of fused-ring (bicyclic) bond motifs is 4. The van der Waals surface area contributed by atoms with Crippen LogP contribution in [0.2, 0.25) is 0 Å². The van der Waals surface area contributed by atoms with Gasteiger partial charge in [0.15, 0.2) is 17.5 Å². The highest BCUT2D eigenvalue weighted by atomic mass is 16.3. The SMILES string of the molecule is c1ccc(-c2ccc(-c3cccc4c3oc3cccc(-c5nc(-c6ccccc6)nc(-c6ccc(-c7cccc8ccccc78)cc6)n5)c34)cc2)cc1. The Morgan fingerprint density at radius 2 is 0.774 bits per heavy atom. The Morgan fingerprint density at radius 1 is 0.302 bits per heavy atom. The number of rotatable bonds is 6. The van der Waals surface area contributed by atoms with Crippen molar-refractivity contribution in [2.45, 2.75) is 0 Å². The standard InChI is InChI=1S/C49H31N3O/c1-3-12-32(13-4-1)33-24-26-36(27-25-33)41-20-10-21-42-45-43(22-11-23-44(45)53-46(41)42)49-51-47(37-15-5-2-6-16-37)50-48(52-49)38-30-28-35(29-31-38)40-19-9-17-34-14-7-8-18-39(34)40/h1-31H. The first-order valence-corrected chi connectivity index (χ1v) is 17.8. The summed E-state index contributed by atoms with van der Waals surface area (Å²) in [5.74, 6) is 1.83. The zero-order chi connectivity index (χ0) is 35.1. The van der Waals surface area contributed by atoms with Crippen LogP contribution in [0.4, 0.5) is 0 Å². The number of furan rings is 1. The monoisotopic (exact) mass is 677 g/mol. The lowest BCUT2D eigenvalue weighted by Crippen LogP contribution is -2.00. The van der Waals surface area contributed by atoms with Gasteiger partial charge >= 0.3 is 0 Å². The molecule has 53 heavy (non-hydrogen) atoms. The van der Waals surface area contributed by atoms with Crippen molar-refractivity contribution in [3.63, 3.8) is 0 Å². The molecular weight excluding hydrogens is 647 g/mol. The smallest absolute Gasteiger partial charge is 0.164 e. The second-order valence-electron chi connectivity index (χ2n) is 13.2. The summed E-state index contributed by atoms with van der Waals surface area (Å²) in [5, 5.41) is 4.44. The maximum atomic E-state index is 6.66. The Bertz CT molecular complexity index is 2910. The summed E-state index contributed by atoms with van der Waals surface area (Å²) in [7, 11) is 0. The average molecular weight is 678 g/mol. The maximum Gasteiger partial charge on any atom is 0.164 e. The molecule has 10 rings (SSSR count). The molecule has 0 N–H and O–H groups in total. The number of hydrogen-bond donors (Lipinski definition) is 0. The molecule has 4 nitrogen and oxygen atoms in total. The molecule has 0 radical (unpaired) electrons. The van der Waals surface area contributed by atoms with Gasteiger partial charge in [-0.15, -0.1) is 0 Å². The fraction of sp³-hybridized carbons (Fsp3) is 0. The van der Waals surface area contributed by atoms with Gasteiger partial charge < -0.3 is 4.42 Å². The van der Waals surface area contributed by atoms with Crippen molar-refractivity contribution >= 4 is 32.7 Å². The summed E-state index contributed by atoms with van der Waals surface area (Å²) in [6.07, 6.45) is 0. The molecule has 4 heteroatoms. The largest absolute Gasteiger partial charge is 0.455 e. The molecule has 0 aliphatic carbocycles. The molecule has 0 saturated carbocycles. The molecule has 0 aliphatic rings. The van der Waals surface area contributed by atoms with Crippen LogP contribution in [-0.2, 0) is 0 Å². The van der Waals surface area contributed by atoms with Crippen LogP contribution in [0.1, 0.15) is 0 Å². The quantitative estimate of drug-likeness (QED) is 0.176. The van der Waals surface area contributed by atoms with Crippen LogP contribution in [0, 0.1) is 0 Å². The van der Waals surface area contributed by atoms with Crippen molar-refractivity contribution in [3.8, 4) is 67.5 Å². The summed E-state index contributed by atoms with van der Waals surface area (Å²) in [5.41, 5.74) is 11.2. The van der Waals surface area contributed by atoms with Gasteiger partial charge in [0.05, 0.1) is 0 Å². The maximum absolute atomic E-state index is 6.66. The Balaban J connectivity index is 1.10. The van der Waals surface area contributed by atoms with Crippen LogP contribution in [0.15, 0.2) is 192 Å². The molecule has 0 spiro atoms. The van der Waals surface area contributed by atoms with E-state index in [0.717, 1.165) is 55.3 Å².